The van der Waals surface area contributed by atoms with Gasteiger partial charge in [-0.2, -0.15) is 0 Å². The number of aryl methyl sites for hydroxylation is 1. The Hall–Kier alpha value is -1.62. The summed E-state index contributed by atoms with van der Waals surface area (Å²) in [7, 11) is 0. The average molecular weight is 250 g/mol. The topological polar surface area (TPSA) is 55.1 Å². The summed E-state index contributed by atoms with van der Waals surface area (Å²) in [5, 5.41) is 5.35. The lowest BCUT2D eigenvalue weighted by Crippen LogP contribution is -2.11. The van der Waals surface area contributed by atoms with Crippen molar-refractivity contribution in [1.29, 1.82) is 0 Å². The fourth-order valence-corrected chi connectivity index (χ4v) is 2.26. The molecule has 2 aromatic rings. The second-order valence-corrected chi connectivity index (χ2v) is 4.93. The number of hydrogen-bond acceptors (Lipinski definition) is 4. The normalized spacial score (nSPS) is 10.8. The van der Waals surface area contributed by atoms with Crippen molar-refractivity contribution < 1.29 is 9.21 Å². The number of nitrogens with zero attached hydrogens (tertiary/aromatic N) is 1. The minimum absolute atomic E-state index is 0.180. The maximum absolute atomic E-state index is 11.9. The summed E-state index contributed by atoms with van der Waals surface area (Å²) in [4.78, 5) is 16.2. The molecule has 0 bridgehead atoms. The van der Waals surface area contributed by atoms with Gasteiger partial charge in [-0.15, -0.1) is 11.3 Å². The van der Waals surface area contributed by atoms with E-state index >= 15 is 0 Å². The number of carbonyl (C=O) groups is 1. The van der Waals surface area contributed by atoms with Crippen molar-refractivity contribution >= 4 is 22.4 Å². The molecule has 2 heterocycles. The molecule has 0 aliphatic heterocycles. The third-order valence-electron chi connectivity index (χ3n) is 2.44. The molecule has 0 aliphatic carbocycles. The molecule has 1 N–H and O–H groups in total. The van der Waals surface area contributed by atoms with Crippen LogP contribution in [-0.2, 0) is 0 Å². The van der Waals surface area contributed by atoms with Gasteiger partial charge >= 0.3 is 0 Å². The molecule has 0 spiro atoms. The van der Waals surface area contributed by atoms with Crippen LogP contribution in [0.25, 0.3) is 0 Å². The lowest BCUT2D eigenvalue weighted by molar-refractivity contribution is 0.102. The van der Waals surface area contributed by atoms with Gasteiger partial charge in [0.05, 0.1) is 17.5 Å². The van der Waals surface area contributed by atoms with Gasteiger partial charge in [-0.05, 0) is 18.9 Å². The van der Waals surface area contributed by atoms with Crippen molar-refractivity contribution in [2.24, 2.45) is 0 Å². The zero-order valence-corrected chi connectivity index (χ0v) is 10.8. The van der Waals surface area contributed by atoms with Gasteiger partial charge in [0.25, 0.3) is 5.91 Å². The minimum atomic E-state index is -0.180. The zero-order chi connectivity index (χ0) is 12.4. The number of carbonyl (C=O) groups excluding carboxylic acids is 1. The fraction of sp³-hybridized carbons (Fsp3) is 0.333. The number of aromatic nitrogens is 1. The van der Waals surface area contributed by atoms with E-state index in [4.69, 9.17) is 4.42 Å². The first-order chi connectivity index (χ1) is 8.08. The van der Waals surface area contributed by atoms with Gasteiger partial charge < -0.3 is 4.42 Å². The van der Waals surface area contributed by atoms with Crippen molar-refractivity contribution in [2.45, 2.75) is 26.7 Å². The summed E-state index contributed by atoms with van der Waals surface area (Å²) < 4.78 is 5.09. The van der Waals surface area contributed by atoms with Crippen molar-refractivity contribution in [2.75, 3.05) is 5.32 Å². The number of hydrogen-bond donors (Lipinski definition) is 1. The summed E-state index contributed by atoms with van der Waals surface area (Å²) in [6.07, 6.45) is 1.51. The van der Waals surface area contributed by atoms with E-state index in [1.54, 1.807) is 13.0 Å². The van der Waals surface area contributed by atoms with E-state index in [1.807, 2.05) is 5.38 Å². The van der Waals surface area contributed by atoms with Crippen LogP contribution in [0, 0.1) is 6.92 Å². The molecule has 5 heteroatoms. The van der Waals surface area contributed by atoms with Crippen LogP contribution < -0.4 is 5.32 Å². The number of thiazole rings is 1. The van der Waals surface area contributed by atoms with E-state index in [0.29, 0.717) is 22.4 Å². The highest BCUT2D eigenvalue weighted by Crippen LogP contribution is 2.22. The highest BCUT2D eigenvalue weighted by Gasteiger charge is 2.13. The molecule has 0 saturated heterocycles. The number of anilines is 1. The molecular formula is C12H14N2O2S. The molecule has 0 unspecified atom stereocenters. The Morgan fingerprint density at radius 3 is 2.82 bits per heavy atom. The molecule has 1 amide bonds. The second-order valence-electron chi connectivity index (χ2n) is 4.08. The molecule has 2 aromatic heterocycles. The van der Waals surface area contributed by atoms with E-state index in [1.165, 1.54) is 17.6 Å². The predicted octanol–water partition coefficient (Wildman–Crippen LogP) is 3.42. The van der Waals surface area contributed by atoms with Crippen LogP contribution in [0.1, 0.15) is 41.6 Å². The fourth-order valence-electron chi connectivity index (χ4n) is 1.39. The summed E-state index contributed by atoms with van der Waals surface area (Å²) in [5.74, 6) is 0.802. The van der Waals surface area contributed by atoms with Crippen LogP contribution in [0.3, 0.4) is 0 Å². The van der Waals surface area contributed by atoms with Gasteiger partial charge in [-0.3, -0.25) is 10.1 Å². The number of furan rings is 1. The highest BCUT2D eigenvalue weighted by molar-refractivity contribution is 7.14. The molecule has 4 nitrogen and oxygen atoms in total. The first kappa shape index (κ1) is 11.9. The molecule has 90 valence electrons. The molecule has 0 aromatic carbocycles. The average Bonchev–Trinajstić information content (AvgIpc) is 2.86. The lowest BCUT2D eigenvalue weighted by atomic mass is 10.2. The van der Waals surface area contributed by atoms with Crippen molar-refractivity contribution in [1.82, 2.24) is 4.98 Å². The van der Waals surface area contributed by atoms with Crippen molar-refractivity contribution in [3.63, 3.8) is 0 Å². The molecule has 0 saturated carbocycles. The monoisotopic (exact) mass is 250 g/mol. The van der Waals surface area contributed by atoms with Gasteiger partial charge in [0.15, 0.2) is 5.13 Å². The zero-order valence-electron chi connectivity index (χ0n) is 9.98. The largest absolute Gasteiger partial charge is 0.469 e. The quantitative estimate of drug-likeness (QED) is 0.908. The second kappa shape index (κ2) is 4.71. The maximum atomic E-state index is 11.9. The number of amides is 1. The van der Waals surface area contributed by atoms with Gasteiger partial charge in [0.1, 0.15) is 5.76 Å². The maximum Gasteiger partial charge on any atom is 0.260 e. The third kappa shape index (κ3) is 2.55. The Morgan fingerprint density at radius 2 is 2.29 bits per heavy atom. The van der Waals surface area contributed by atoms with Crippen LogP contribution in [0.5, 0.6) is 0 Å². The summed E-state index contributed by atoms with van der Waals surface area (Å²) >= 11 is 1.44. The molecule has 0 aliphatic rings. The standard InChI is InChI=1S/C12H14N2O2S/c1-7(2)10-6-17-12(13-10)14-11(15)9-4-5-16-8(9)3/h4-7H,1-3H3,(H,13,14,15). The van der Waals surface area contributed by atoms with Crippen LogP contribution in [-0.4, -0.2) is 10.9 Å². The number of nitrogens with one attached hydrogen (secondary N) is 1. The molecule has 0 fully saturated rings. The first-order valence-corrected chi connectivity index (χ1v) is 6.26. The Kier molecular flexibility index (Phi) is 3.28. The van der Waals surface area contributed by atoms with Crippen LogP contribution in [0.4, 0.5) is 5.13 Å². The first-order valence-electron chi connectivity index (χ1n) is 5.39. The smallest absolute Gasteiger partial charge is 0.260 e. The van der Waals surface area contributed by atoms with E-state index < -0.39 is 0 Å². The van der Waals surface area contributed by atoms with Crippen molar-refractivity contribution in [3.8, 4) is 0 Å². The van der Waals surface area contributed by atoms with Crippen molar-refractivity contribution in [3.05, 3.63) is 34.7 Å². The lowest BCUT2D eigenvalue weighted by Gasteiger charge is -2.00. The van der Waals surface area contributed by atoms with E-state index in [9.17, 15) is 4.79 Å². The summed E-state index contributed by atoms with van der Waals surface area (Å²) in [6, 6.07) is 1.65. The SMILES string of the molecule is Cc1occc1C(=O)Nc1nc(C(C)C)cs1. The summed E-state index contributed by atoms with van der Waals surface area (Å²) in [5.41, 5.74) is 1.54. The highest BCUT2D eigenvalue weighted by atomic mass is 32.1. The molecule has 2 rings (SSSR count). The molecular weight excluding hydrogens is 236 g/mol. The predicted molar refractivity (Wildman–Crippen MR) is 67.6 cm³/mol. The number of rotatable bonds is 3. The Balaban J connectivity index is 2.11. The van der Waals surface area contributed by atoms with E-state index in [-0.39, 0.29) is 5.91 Å². The van der Waals surface area contributed by atoms with Gasteiger partial charge in [-0.25, -0.2) is 4.98 Å². The van der Waals surface area contributed by atoms with Gasteiger partial charge in [0.2, 0.25) is 0 Å². The molecule has 0 atom stereocenters. The van der Waals surface area contributed by atoms with Crippen LogP contribution >= 0.6 is 11.3 Å². The summed E-state index contributed by atoms with van der Waals surface area (Å²) in [6.45, 7) is 5.90. The minimum Gasteiger partial charge on any atom is -0.469 e. The van der Waals surface area contributed by atoms with Gasteiger partial charge in [0, 0.05) is 5.38 Å². The van der Waals surface area contributed by atoms with Gasteiger partial charge in [-0.1, -0.05) is 13.8 Å². The molecule has 17 heavy (non-hydrogen) atoms. The Labute approximate surface area is 104 Å². The molecule has 0 radical (unpaired) electrons. The third-order valence-corrected chi connectivity index (χ3v) is 3.21. The Bertz CT molecular complexity index is 528. The van der Waals surface area contributed by atoms with Crippen LogP contribution in [0.2, 0.25) is 0 Å². The van der Waals surface area contributed by atoms with Crippen LogP contribution in [0.15, 0.2) is 22.1 Å². The van der Waals surface area contributed by atoms with E-state index in [2.05, 4.69) is 24.1 Å². The Morgan fingerprint density at radius 1 is 1.53 bits per heavy atom. The van der Waals surface area contributed by atoms with E-state index in [0.717, 1.165) is 5.69 Å².